The number of ether oxygens (including phenoxy) is 1. The average Bonchev–Trinajstić information content (AvgIpc) is 2.62. The lowest BCUT2D eigenvalue weighted by molar-refractivity contribution is -0.0368. The molecule has 146 valence electrons. The van der Waals surface area contributed by atoms with Gasteiger partial charge >= 0.3 is 11.9 Å². The molecule has 0 radical (unpaired) electrons. The van der Waals surface area contributed by atoms with Gasteiger partial charge < -0.3 is 9.84 Å². The van der Waals surface area contributed by atoms with E-state index in [1.54, 1.807) is 12.1 Å². The lowest BCUT2D eigenvalue weighted by Gasteiger charge is -2.40. The maximum Gasteiger partial charge on any atom is 0.339 e. The number of unbranched alkanes of at least 4 members (excludes halogenated alkanes) is 1. The zero-order valence-electron chi connectivity index (χ0n) is 16.9. The van der Waals surface area contributed by atoms with E-state index in [9.17, 15) is 14.7 Å². The van der Waals surface area contributed by atoms with Gasteiger partial charge in [-0.15, -0.1) is 0 Å². The van der Waals surface area contributed by atoms with Crippen LogP contribution >= 0.6 is 0 Å². The summed E-state index contributed by atoms with van der Waals surface area (Å²) in [5.74, 6) is -1.25. The van der Waals surface area contributed by atoms with Crippen LogP contribution in [-0.4, -0.2) is 23.1 Å². The number of esters is 1. The minimum atomic E-state index is -1.11. The Morgan fingerprint density at radius 1 is 1.08 bits per heavy atom. The molecule has 1 rings (SSSR count). The van der Waals surface area contributed by atoms with Crippen LogP contribution in [0.3, 0.4) is 0 Å². The van der Waals surface area contributed by atoms with Crippen molar-refractivity contribution in [3.05, 3.63) is 35.4 Å². The van der Waals surface area contributed by atoms with E-state index < -0.39 is 11.9 Å². The Bertz CT molecular complexity index is 588. The number of carboxylic acids is 1. The Kier molecular flexibility index (Phi) is 8.83. The zero-order chi connectivity index (χ0) is 19.7. The van der Waals surface area contributed by atoms with Gasteiger partial charge in [0.15, 0.2) is 0 Å². The molecule has 0 aliphatic rings. The maximum absolute atomic E-state index is 12.8. The summed E-state index contributed by atoms with van der Waals surface area (Å²) in [6.45, 7) is 10.7. The molecule has 1 aromatic rings. The second kappa shape index (κ2) is 10.3. The number of hydrogen-bond donors (Lipinski definition) is 1. The lowest BCUT2D eigenvalue weighted by atomic mass is 9.71. The molecule has 0 aliphatic heterocycles. The molecule has 0 heterocycles. The fourth-order valence-electron chi connectivity index (χ4n) is 3.64. The second-order valence-corrected chi connectivity index (χ2v) is 7.55. The molecule has 0 saturated heterocycles. The van der Waals surface area contributed by atoms with E-state index in [-0.39, 0.29) is 22.6 Å². The molecule has 4 nitrogen and oxygen atoms in total. The molecule has 0 fully saturated rings. The highest BCUT2D eigenvalue weighted by Gasteiger charge is 2.38. The summed E-state index contributed by atoms with van der Waals surface area (Å²) in [4.78, 5) is 24.3. The number of benzene rings is 1. The summed E-state index contributed by atoms with van der Waals surface area (Å²) < 4.78 is 5.98. The van der Waals surface area contributed by atoms with Crippen LogP contribution in [0.25, 0.3) is 0 Å². The van der Waals surface area contributed by atoms with E-state index in [1.165, 1.54) is 12.1 Å². The zero-order valence-corrected chi connectivity index (χ0v) is 16.9. The third-order valence-corrected chi connectivity index (χ3v) is 5.43. The largest absolute Gasteiger partial charge is 0.478 e. The van der Waals surface area contributed by atoms with Crippen LogP contribution in [0, 0.1) is 11.3 Å². The Labute approximate surface area is 158 Å². The van der Waals surface area contributed by atoms with Crippen molar-refractivity contribution < 1.29 is 19.4 Å². The molecule has 0 aliphatic carbocycles. The van der Waals surface area contributed by atoms with Crippen LogP contribution in [-0.2, 0) is 4.74 Å². The highest BCUT2D eigenvalue weighted by Crippen LogP contribution is 2.41. The van der Waals surface area contributed by atoms with Gasteiger partial charge in [0, 0.05) is 5.41 Å². The van der Waals surface area contributed by atoms with Gasteiger partial charge in [-0.3, -0.25) is 0 Å². The highest BCUT2D eigenvalue weighted by molar-refractivity contribution is 6.02. The van der Waals surface area contributed by atoms with E-state index in [4.69, 9.17) is 4.74 Å². The molecule has 0 saturated carbocycles. The van der Waals surface area contributed by atoms with Crippen molar-refractivity contribution in [1.29, 1.82) is 0 Å². The van der Waals surface area contributed by atoms with Gasteiger partial charge in [-0.2, -0.15) is 0 Å². The predicted molar refractivity (Wildman–Crippen MR) is 105 cm³/mol. The average molecular weight is 363 g/mol. The maximum atomic E-state index is 12.8. The van der Waals surface area contributed by atoms with Gasteiger partial charge in [-0.25, -0.2) is 9.59 Å². The molecule has 1 unspecified atom stereocenters. The molecule has 0 amide bonds. The Balaban J connectivity index is 3.17. The van der Waals surface area contributed by atoms with Gasteiger partial charge in [0.1, 0.15) is 6.10 Å². The summed E-state index contributed by atoms with van der Waals surface area (Å²) in [6.07, 6.45) is 5.67. The van der Waals surface area contributed by atoms with Crippen molar-refractivity contribution in [2.75, 3.05) is 0 Å². The summed E-state index contributed by atoms with van der Waals surface area (Å²) in [5, 5.41) is 9.35. The highest BCUT2D eigenvalue weighted by atomic mass is 16.5. The van der Waals surface area contributed by atoms with Crippen molar-refractivity contribution in [3.63, 3.8) is 0 Å². The first-order valence-corrected chi connectivity index (χ1v) is 9.84. The van der Waals surface area contributed by atoms with Gasteiger partial charge in [-0.1, -0.05) is 59.6 Å². The number of hydrogen-bond acceptors (Lipinski definition) is 3. The third-order valence-electron chi connectivity index (χ3n) is 5.43. The quantitative estimate of drug-likeness (QED) is 0.494. The van der Waals surface area contributed by atoms with E-state index >= 15 is 0 Å². The molecular weight excluding hydrogens is 328 g/mol. The Hall–Kier alpha value is -1.84. The van der Waals surface area contributed by atoms with Gasteiger partial charge in [-0.05, 0) is 43.7 Å². The van der Waals surface area contributed by atoms with Crippen molar-refractivity contribution in [2.45, 2.75) is 79.2 Å². The van der Waals surface area contributed by atoms with E-state index in [0.29, 0.717) is 5.92 Å². The number of aromatic carboxylic acids is 1. The van der Waals surface area contributed by atoms with Crippen LogP contribution < -0.4 is 0 Å². The molecule has 0 aromatic heterocycles. The van der Waals surface area contributed by atoms with Crippen LogP contribution in [0.5, 0.6) is 0 Å². The van der Waals surface area contributed by atoms with Crippen LogP contribution in [0.15, 0.2) is 24.3 Å². The fourth-order valence-corrected chi connectivity index (χ4v) is 3.64. The Morgan fingerprint density at radius 2 is 1.65 bits per heavy atom. The van der Waals surface area contributed by atoms with Crippen molar-refractivity contribution in [2.24, 2.45) is 11.3 Å². The monoisotopic (exact) mass is 362 g/mol. The van der Waals surface area contributed by atoms with Crippen LogP contribution in [0.2, 0.25) is 0 Å². The minimum Gasteiger partial charge on any atom is -0.478 e. The summed E-state index contributed by atoms with van der Waals surface area (Å²) in [5.41, 5.74) is 0.0620. The first-order chi connectivity index (χ1) is 12.3. The van der Waals surface area contributed by atoms with Gasteiger partial charge in [0.2, 0.25) is 0 Å². The Morgan fingerprint density at radius 3 is 2.12 bits per heavy atom. The molecule has 4 heteroatoms. The molecule has 1 atom stereocenters. The molecular formula is C22H34O4. The van der Waals surface area contributed by atoms with Crippen molar-refractivity contribution in [1.82, 2.24) is 0 Å². The lowest BCUT2D eigenvalue weighted by Crippen LogP contribution is -2.39. The van der Waals surface area contributed by atoms with Crippen molar-refractivity contribution >= 4 is 11.9 Å². The summed E-state index contributed by atoms with van der Waals surface area (Å²) in [7, 11) is 0. The van der Waals surface area contributed by atoms with Crippen LogP contribution in [0.4, 0.5) is 0 Å². The molecule has 0 spiro atoms. The number of carbonyl (C=O) groups excluding carboxylic acids is 1. The second-order valence-electron chi connectivity index (χ2n) is 7.55. The van der Waals surface area contributed by atoms with Crippen molar-refractivity contribution in [3.8, 4) is 0 Å². The first kappa shape index (κ1) is 22.2. The van der Waals surface area contributed by atoms with Crippen LogP contribution in [0.1, 0.15) is 93.9 Å². The molecule has 1 N–H and O–H groups in total. The third kappa shape index (κ3) is 5.58. The smallest absolute Gasteiger partial charge is 0.339 e. The predicted octanol–water partition coefficient (Wildman–Crippen LogP) is 5.95. The molecule has 26 heavy (non-hydrogen) atoms. The molecule has 0 bridgehead atoms. The molecule has 1 aromatic carbocycles. The van der Waals surface area contributed by atoms with E-state index in [2.05, 4.69) is 34.6 Å². The van der Waals surface area contributed by atoms with E-state index in [1.807, 2.05) is 0 Å². The normalized spacial score (nSPS) is 12.8. The van der Waals surface area contributed by atoms with Gasteiger partial charge in [0.25, 0.3) is 0 Å². The number of rotatable bonds is 11. The SMILES string of the molecule is CCCCC(CC)(CC)C(CC(C)C)OC(=O)c1ccccc1C(=O)O. The standard InChI is InChI=1S/C22H34O4/c1-6-9-14-22(7-2,8-3)19(15-16(4)5)26-21(25)18-13-11-10-12-17(18)20(23)24/h10-13,16,19H,6-9,14-15H2,1-5H3,(H,23,24). The number of carbonyl (C=O) groups is 2. The fraction of sp³-hybridized carbons (Fsp3) is 0.636. The van der Waals surface area contributed by atoms with E-state index in [0.717, 1.165) is 38.5 Å². The topological polar surface area (TPSA) is 63.6 Å². The summed E-state index contributed by atoms with van der Waals surface area (Å²) >= 11 is 0. The number of carboxylic acid groups (broad SMARTS) is 1. The minimum absolute atomic E-state index is 0.00653. The summed E-state index contributed by atoms with van der Waals surface area (Å²) in [6, 6.07) is 6.27. The van der Waals surface area contributed by atoms with Gasteiger partial charge in [0.05, 0.1) is 11.1 Å². The first-order valence-electron chi connectivity index (χ1n) is 9.84.